The Morgan fingerprint density at radius 3 is 2.28 bits per heavy atom. The van der Waals surface area contributed by atoms with Crippen molar-refractivity contribution in [1.82, 2.24) is 9.71 Å². The summed E-state index contributed by atoms with van der Waals surface area (Å²) in [6.07, 6.45) is -4.04. The summed E-state index contributed by atoms with van der Waals surface area (Å²) in [5.41, 5.74) is -1.09. The molecule has 1 heterocycles. The lowest BCUT2D eigenvalue weighted by Gasteiger charge is -2.15. The number of rotatable bonds is 9. The number of para-hydroxylation sites is 1. The molecule has 0 saturated heterocycles. The number of sulfonamides is 1. The zero-order valence-electron chi connectivity index (χ0n) is 20.4. The number of anilines is 1. The van der Waals surface area contributed by atoms with Gasteiger partial charge in [-0.05, 0) is 48.5 Å². The largest absolute Gasteiger partial charge is 0.481 e. The third kappa shape index (κ3) is 8.56. The first kappa shape index (κ1) is 29.2. The van der Waals surface area contributed by atoms with Crippen molar-refractivity contribution in [3.63, 3.8) is 0 Å². The van der Waals surface area contributed by atoms with Gasteiger partial charge in [0.05, 0.1) is 17.6 Å². The van der Waals surface area contributed by atoms with E-state index in [1.165, 1.54) is 24.3 Å². The zero-order valence-corrected chi connectivity index (χ0v) is 21.2. The van der Waals surface area contributed by atoms with E-state index in [9.17, 15) is 31.2 Å². The monoisotopic (exact) mass is 561 g/mol. The molecular weight excluding hydrogens is 539 g/mol. The number of esters is 1. The SMILES string of the molecule is COC(=O)C(CC#CCOc1ccccc1)NS(=O)(=O)c1ccc(NC(=O)c2ccc(C(F)(F)F)nc2)cc1. The molecule has 1 aromatic heterocycles. The zero-order chi connectivity index (χ0) is 28.5. The molecule has 0 fully saturated rings. The van der Waals surface area contributed by atoms with Crippen LogP contribution in [0.25, 0.3) is 0 Å². The van der Waals surface area contributed by atoms with Gasteiger partial charge in [-0.1, -0.05) is 30.0 Å². The molecule has 9 nitrogen and oxygen atoms in total. The van der Waals surface area contributed by atoms with Crippen molar-refractivity contribution in [3.8, 4) is 17.6 Å². The smallest absolute Gasteiger partial charge is 0.433 e. The first-order valence-electron chi connectivity index (χ1n) is 11.2. The van der Waals surface area contributed by atoms with Crippen LogP contribution in [0.1, 0.15) is 22.5 Å². The normalized spacial score (nSPS) is 12.0. The lowest BCUT2D eigenvalue weighted by atomic mass is 10.2. The lowest BCUT2D eigenvalue weighted by molar-refractivity contribution is -0.142. The molecule has 0 aliphatic heterocycles. The first-order valence-corrected chi connectivity index (χ1v) is 12.7. The summed E-state index contributed by atoms with van der Waals surface area (Å²) in [7, 11) is -3.09. The number of nitrogens with zero attached hydrogens (tertiary/aromatic N) is 1. The highest BCUT2D eigenvalue weighted by molar-refractivity contribution is 7.89. The van der Waals surface area contributed by atoms with Crippen molar-refractivity contribution in [2.45, 2.75) is 23.5 Å². The average molecular weight is 562 g/mol. The predicted octanol–water partition coefficient (Wildman–Crippen LogP) is 3.65. The van der Waals surface area contributed by atoms with E-state index < -0.39 is 39.8 Å². The number of aromatic nitrogens is 1. The highest BCUT2D eigenvalue weighted by atomic mass is 32.2. The standard InChI is InChI=1S/C26H22F3N3O6S/c1-37-25(34)22(9-5-6-16-38-20-7-3-2-4-8-20)32-39(35,36)21-13-11-19(12-14-21)31-24(33)18-10-15-23(30-17-18)26(27,28)29/h2-4,7-8,10-15,17,22,32H,9,16H2,1H3,(H,31,33). The minimum absolute atomic E-state index is 0.0281. The maximum Gasteiger partial charge on any atom is 0.433 e. The number of amides is 1. The molecule has 13 heteroatoms. The topological polar surface area (TPSA) is 124 Å². The molecule has 1 amide bonds. The molecule has 1 unspecified atom stereocenters. The second-order valence-corrected chi connectivity index (χ2v) is 9.48. The van der Waals surface area contributed by atoms with Crippen LogP contribution < -0.4 is 14.8 Å². The lowest BCUT2D eigenvalue weighted by Crippen LogP contribution is -2.41. The number of methoxy groups -OCH3 is 1. The third-order valence-electron chi connectivity index (χ3n) is 5.01. The molecule has 0 bridgehead atoms. The van der Waals surface area contributed by atoms with Gasteiger partial charge in [-0.25, -0.2) is 8.42 Å². The number of benzene rings is 2. The van der Waals surface area contributed by atoms with E-state index in [-0.39, 0.29) is 29.2 Å². The molecule has 3 rings (SSSR count). The minimum atomic E-state index is -4.64. The molecule has 0 spiro atoms. The molecular formula is C26H22F3N3O6S. The Balaban J connectivity index is 1.61. The molecule has 0 aliphatic carbocycles. The van der Waals surface area contributed by atoms with Gasteiger partial charge in [0.1, 0.15) is 24.1 Å². The summed E-state index contributed by atoms with van der Waals surface area (Å²) in [4.78, 5) is 27.4. The minimum Gasteiger partial charge on any atom is -0.481 e. The van der Waals surface area contributed by atoms with Crippen LogP contribution in [0.5, 0.6) is 5.75 Å². The predicted molar refractivity (Wildman–Crippen MR) is 134 cm³/mol. The highest BCUT2D eigenvalue weighted by Crippen LogP contribution is 2.27. The van der Waals surface area contributed by atoms with Crippen molar-refractivity contribution in [2.24, 2.45) is 0 Å². The Labute approximate surface area is 222 Å². The van der Waals surface area contributed by atoms with Crippen molar-refractivity contribution < 1.29 is 40.7 Å². The summed E-state index contributed by atoms with van der Waals surface area (Å²) < 4.78 is 75.9. The number of halogens is 3. The van der Waals surface area contributed by atoms with Crippen LogP contribution >= 0.6 is 0 Å². The van der Waals surface area contributed by atoms with Crippen LogP contribution in [0.2, 0.25) is 0 Å². The molecule has 1 atom stereocenters. The first-order chi connectivity index (χ1) is 18.5. The van der Waals surface area contributed by atoms with Gasteiger partial charge < -0.3 is 14.8 Å². The number of hydrogen-bond donors (Lipinski definition) is 2. The number of nitrogens with one attached hydrogen (secondary N) is 2. The molecule has 3 aromatic rings. The fourth-order valence-corrected chi connectivity index (χ4v) is 4.23. The van der Waals surface area contributed by atoms with Crippen molar-refractivity contribution in [2.75, 3.05) is 19.0 Å². The molecule has 0 radical (unpaired) electrons. The van der Waals surface area contributed by atoms with Gasteiger partial charge in [-0.2, -0.15) is 17.9 Å². The van der Waals surface area contributed by atoms with Crippen molar-refractivity contribution >= 4 is 27.6 Å². The molecule has 0 aliphatic rings. The van der Waals surface area contributed by atoms with Crippen LogP contribution in [-0.4, -0.2) is 45.0 Å². The number of alkyl halides is 3. The maximum atomic E-state index is 12.8. The summed E-state index contributed by atoms with van der Waals surface area (Å²) in [5, 5.41) is 2.44. The van der Waals surface area contributed by atoms with E-state index in [2.05, 4.69) is 31.6 Å². The van der Waals surface area contributed by atoms with Crippen LogP contribution in [0.4, 0.5) is 18.9 Å². The van der Waals surface area contributed by atoms with Gasteiger partial charge in [0.25, 0.3) is 5.91 Å². The molecule has 2 aromatic carbocycles. The van der Waals surface area contributed by atoms with Crippen LogP contribution in [-0.2, 0) is 25.7 Å². The maximum absolute atomic E-state index is 12.8. The Morgan fingerprint density at radius 2 is 1.69 bits per heavy atom. The summed E-state index contributed by atoms with van der Waals surface area (Å²) in [5.74, 6) is 4.41. The Bertz CT molecular complexity index is 1450. The number of ether oxygens (including phenoxy) is 2. The van der Waals surface area contributed by atoms with E-state index in [1.54, 1.807) is 24.3 Å². The highest BCUT2D eigenvalue weighted by Gasteiger charge is 2.32. The van der Waals surface area contributed by atoms with Gasteiger partial charge in [0, 0.05) is 18.3 Å². The van der Waals surface area contributed by atoms with Crippen molar-refractivity contribution in [3.05, 3.63) is 84.2 Å². The number of carbonyl (C=O) groups is 2. The molecule has 39 heavy (non-hydrogen) atoms. The van der Waals surface area contributed by atoms with Gasteiger partial charge in [0.15, 0.2) is 0 Å². The fourth-order valence-electron chi connectivity index (χ4n) is 3.05. The van der Waals surface area contributed by atoms with Crippen LogP contribution in [0, 0.1) is 11.8 Å². The Hall–Kier alpha value is -4.41. The molecule has 0 saturated carbocycles. The second kappa shape index (κ2) is 12.9. The van der Waals surface area contributed by atoms with E-state index in [1.807, 2.05) is 6.07 Å². The summed E-state index contributed by atoms with van der Waals surface area (Å²) in [6, 6.07) is 14.2. The number of hydrogen-bond acceptors (Lipinski definition) is 7. The summed E-state index contributed by atoms with van der Waals surface area (Å²) >= 11 is 0. The third-order valence-corrected chi connectivity index (χ3v) is 6.49. The Kier molecular flexibility index (Phi) is 9.64. The number of carbonyl (C=O) groups excluding carboxylic acids is 2. The van der Waals surface area contributed by atoms with Crippen molar-refractivity contribution in [1.29, 1.82) is 0 Å². The molecule has 204 valence electrons. The average Bonchev–Trinajstić information content (AvgIpc) is 2.92. The summed E-state index contributed by atoms with van der Waals surface area (Å²) in [6.45, 7) is 0.0281. The van der Waals surface area contributed by atoms with Gasteiger partial charge in [-0.3, -0.25) is 14.6 Å². The van der Waals surface area contributed by atoms with E-state index in [4.69, 9.17) is 4.74 Å². The Morgan fingerprint density at radius 1 is 1.00 bits per heavy atom. The van der Waals surface area contributed by atoms with E-state index >= 15 is 0 Å². The second-order valence-electron chi connectivity index (χ2n) is 7.76. The van der Waals surface area contributed by atoms with E-state index in [0.717, 1.165) is 19.4 Å². The quantitative estimate of drug-likeness (QED) is 0.302. The van der Waals surface area contributed by atoms with Gasteiger partial charge in [0.2, 0.25) is 10.0 Å². The van der Waals surface area contributed by atoms with Gasteiger partial charge in [-0.15, -0.1) is 0 Å². The van der Waals surface area contributed by atoms with Gasteiger partial charge >= 0.3 is 12.1 Å². The number of pyridine rings is 1. The fraction of sp³-hybridized carbons (Fsp3) is 0.192. The van der Waals surface area contributed by atoms with E-state index in [0.29, 0.717) is 11.8 Å². The van der Waals surface area contributed by atoms with Crippen LogP contribution in [0.15, 0.2) is 77.8 Å². The molecule has 2 N–H and O–H groups in total. The van der Waals surface area contributed by atoms with Crippen LogP contribution in [0.3, 0.4) is 0 Å².